The zero-order chi connectivity index (χ0) is 9.30. The van der Waals surface area contributed by atoms with Gasteiger partial charge in [0.1, 0.15) is 0 Å². The highest BCUT2D eigenvalue weighted by Crippen LogP contribution is 2.10. The number of hydrogen-bond donors (Lipinski definition) is 0. The first kappa shape index (κ1) is 9.52. The molecule has 0 saturated carbocycles. The van der Waals surface area contributed by atoms with Gasteiger partial charge in [-0.15, -0.1) is 0 Å². The van der Waals surface area contributed by atoms with Gasteiger partial charge < -0.3 is 4.57 Å². The largest absolute Gasteiger partial charge is 0.312 e. The molecule has 3 heteroatoms. The van der Waals surface area contributed by atoms with Crippen LogP contribution < -0.4 is 5.56 Å². The monoisotopic (exact) mass is 229 g/mol. The summed E-state index contributed by atoms with van der Waals surface area (Å²) in [7, 11) is 0. The molecular weight excluding hydrogens is 218 g/mol. The molecule has 0 N–H and O–H groups in total. The Bertz CT molecular complexity index is 341. The predicted molar refractivity (Wildman–Crippen MR) is 53.5 cm³/mol. The third-order valence-corrected chi connectivity index (χ3v) is 2.18. The van der Waals surface area contributed by atoms with Gasteiger partial charge in [-0.05, 0) is 42.8 Å². The van der Waals surface area contributed by atoms with E-state index in [1.165, 1.54) is 0 Å². The van der Waals surface area contributed by atoms with Gasteiger partial charge >= 0.3 is 0 Å². The number of aryl methyl sites for hydroxylation is 1. The Morgan fingerprint density at radius 3 is 2.58 bits per heavy atom. The molecule has 2 nitrogen and oxygen atoms in total. The summed E-state index contributed by atoms with van der Waals surface area (Å²) in [4.78, 5) is 11.5. The molecule has 66 valence electrons. The first-order valence-corrected chi connectivity index (χ1v) is 4.70. The van der Waals surface area contributed by atoms with Crippen molar-refractivity contribution in [2.45, 2.75) is 26.8 Å². The fourth-order valence-electron chi connectivity index (χ4n) is 1.08. The Morgan fingerprint density at radius 2 is 2.08 bits per heavy atom. The summed E-state index contributed by atoms with van der Waals surface area (Å²) in [5, 5.41) is 0. The fourth-order valence-corrected chi connectivity index (χ4v) is 1.65. The molecule has 1 heterocycles. The van der Waals surface area contributed by atoms with Gasteiger partial charge in [0.25, 0.3) is 5.56 Å². The first-order valence-electron chi connectivity index (χ1n) is 3.90. The molecule has 0 aliphatic rings. The van der Waals surface area contributed by atoms with E-state index in [2.05, 4.69) is 15.9 Å². The van der Waals surface area contributed by atoms with Crippen molar-refractivity contribution in [3.63, 3.8) is 0 Å². The van der Waals surface area contributed by atoms with E-state index < -0.39 is 0 Å². The average molecular weight is 230 g/mol. The highest BCUT2D eigenvalue weighted by atomic mass is 79.9. The zero-order valence-corrected chi connectivity index (χ0v) is 9.05. The predicted octanol–water partition coefficient (Wildman–Crippen LogP) is 2.50. The molecule has 1 aromatic heterocycles. The minimum atomic E-state index is 0.0909. The molecule has 0 atom stereocenters. The molecule has 0 amide bonds. The standard InChI is InChI=1S/C9H12BrNO/c1-6(2)11-5-8(10)4-7(3)9(11)12/h4-6H,1-3H3. The van der Waals surface area contributed by atoms with Crippen molar-refractivity contribution in [2.24, 2.45) is 0 Å². The van der Waals surface area contributed by atoms with E-state index in [4.69, 9.17) is 0 Å². The van der Waals surface area contributed by atoms with Crippen LogP contribution in [0.2, 0.25) is 0 Å². The topological polar surface area (TPSA) is 22.0 Å². The van der Waals surface area contributed by atoms with Gasteiger partial charge in [0.2, 0.25) is 0 Å². The van der Waals surface area contributed by atoms with E-state index in [-0.39, 0.29) is 11.6 Å². The third-order valence-electron chi connectivity index (χ3n) is 1.75. The fraction of sp³-hybridized carbons (Fsp3) is 0.444. The second-order valence-corrected chi connectivity index (χ2v) is 4.06. The molecule has 0 radical (unpaired) electrons. The Hall–Kier alpha value is -0.570. The number of halogens is 1. The number of hydrogen-bond acceptors (Lipinski definition) is 1. The summed E-state index contributed by atoms with van der Waals surface area (Å²) in [5.74, 6) is 0. The zero-order valence-electron chi connectivity index (χ0n) is 7.47. The molecule has 0 fully saturated rings. The summed E-state index contributed by atoms with van der Waals surface area (Å²) in [6, 6.07) is 2.05. The van der Waals surface area contributed by atoms with Crippen LogP contribution >= 0.6 is 15.9 Å². The number of aromatic nitrogens is 1. The molecule has 12 heavy (non-hydrogen) atoms. The van der Waals surface area contributed by atoms with E-state index >= 15 is 0 Å². The third kappa shape index (κ3) is 1.78. The van der Waals surface area contributed by atoms with Crippen molar-refractivity contribution in [1.29, 1.82) is 0 Å². The highest BCUT2D eigenvalue weighted by molar-refractivity contribution is 9.10. The van der Waals surface area contributed by atoms with Crippen molar-refractivity contribution in [3.8, 4) is 0 Å². The highest BCUT2D eigenvalue weighted by Gasteiger charge is 2.03. The van der Waals surface area contributed by atoms with E-state index in [0.29, 0.717) is 0 Å². The maximum atomic E-state index is 11.5. The molecule has 0 spiro atoms. The second-order valence-electron chi connectivity index (χ2n) is 3.15. The van der Waals surface area contributed by atoms with Crippen LogP contribution in [0, 0.1) is 6.92 Å². The van der Waals surface area contributed by atoms with Crippen LogP contribution in [0.4, 0.5) is 0 Å². The SMILES string of the molecule is Cc1cc(Br)cn(C(C)C)c1=O. The molecule has 0 saturated heterocycles. The molecule has 0 aromatic carbocycles. The van der Waals surface area contributed by atoms with Gasteiger partial charge in [-0.25, -0.2) is 0 Å². The van der Waals surface area contributed by atoms with Gasteiger partial charge in [-0.3, -0.25) is 4.79 Å². The minimum absolute atomic E-state index is 0.0909. The van der Waals surface area contributed by atoms with Crippen LogP contribution in [0.25, 0.3) is 0 Å². The smallest absolute Gasteiger partial charge is 0.253 e. The van der Waals surface area contributed by atoms with Gasteiger partial charge in [0, 0.05) is 22.3 Å². The van der Waals surface area contributed by atoms with Crippen LogP contribution in [0.3, 0.4) is 0 Å². The Balaban J connectivity index is 3.38. The summed E-state index contributed by atoms with van der Waals surface area (Å²) < 4.78 is 2.67. The lowest BCUT2D eigenvalue weighted by Crippen LogP contribution is -2.23. The van der Waals surface area contributed by atoms with Gasteiger partial charge in [0.05, 0.1) is 0 Å². The summed E-state index contributed by atoms with van der Waals surface area (Å²) in [6.07, 6.45) is 1.82. The number of rotatable bonds is 1. The lowest BCUT2D eigenvalue weighted by atomic mass is 10.3. The van der Waals surface area contributed by atoms with Crippen LogP contribution in [0.5, 0.6) is 0 Å². The van der Waals surface area contributed by atoms with Gasteiger partial charge in [-0.2, -0.15) is 0 Å². The van der Waals surface area contributed by atoms with Gasteiger partial charge in [-0.1, -0.05) is 0 Å². The minimum Gasteiger partial charge on any atom is -0.312 e. The Kier molecular flexibility index (Phi) is 2.73. The maximum absolute atomic E-state index is 11.5. The molecule has 0 bridgehead atoms. The lowest BCUT2D eigenvalue weighted by Gasteiger charge is -2.10. The summed E-state index contributed by atoms with van der Waals surface area (Å²) >= 11 is 3.36. The van der Waals surface area contributed by atoms with Gasteiger partial charge in [0.15, 0.2) is 0 Å². The van der Waals surface area contributed by atoms with Crippen LogP contribution in [-0.4, -0.2) is 4.57 Å². The maximum Gasteiger partial charge on any atom is 0.253 e. The van der Waals surface area contributed by atoms with Crippen molar-refractivity contribution >= 4 is 15.9 Å². The number of pyridine rings is 1. The van der Waals surface area contributed by atoms with Crippen molar-refractivity contribution in [1.82, 2.24) is 4.57 Å². The van der Waals surface area contributed by atoms with E-state index in [9.17, 15) is 4.79 Å². The Morgan fingerprint density at radius 1 is 1.50 bits per heavy atom. The average Bonchev–Trinajstić information content (AvgIpc) is 1.96. The van der Waals surface area contributed by atoms with E-state index in [1.807, 2.05) is 33.0 Å². The molecule has 0 aliphatic heterocycles. The molecule has 1 aromatic rings. The van der Waals surface area contributed by atoms with Crippen LogP contribution in [-0.2, 0) is 0 Å². The van der Waals surface area contributed by atoms with E-state index in [0.717, 1.165) is 10.0 Å². The Labute approximate surface area is 80.3 Å². The normalized spacial score (nSPS) is 10.8. The molecule has 0 unspecified atom stereocenters. The van der Waals surface area contributed by atoms with Crippen molar-refractivity contribution in [2.75, 3.05) is 0 Å². The molecular formula is C9H12BrNO. The van der Waals surface area contributed by atoms with Crippen molar-refractivity contribution < 1.29 is 0 Å². The quantitative estimate of drug-likeness (QED) is 0.726. The molecule has 1 rings (SSSR count). The lowest BCUT2D eigenvalue weighted by molar-refractivity contribution is 0.574. The van der Waals surface area contributed by atoms with Crippen LogP contribution in [0.1, 0.15) is 25.5 Å². The summed E-state index contributed by atoms with van der Waals surface area (Å²) in [6.45, 7) is 5.81. The second kappa shape index (κ2) is 3.44. The summed E-state index contributed by atoms with van der Waals surface area (Å²) in [5.41, 5.74) is 0.867. The molecule has 0 aliphatic carbocycles. The first-order chi connectivity index (χ1) is 5.52. The van der Waals surface area contributed by atoms with Crippen molar-refractivity contribution in [3.05, 3.63) is 32.7 Å². The van der Waals surface area contributed by atoms with E-state index in [1.54, 1.807) is 4.57 Å². The van der Waals surface area contributed by atoms with Crippen LogP contribution in [0.15, 0.2) is 21.5 Å². The number of nitrogens with zero attached hydrogens (tertiary/aromatic N) is 1.